The third-order valence-corrected chi connectivity index (χ3v) is 4.63. The molecular weight excluding hydrogens is 471 g/mol. The van der Waals surface area contributed by atoms with Gasteiger partial charge < -0.3 is 0 Å². The smallest absolute Gasteiger partial charge is 0.0590 e. The van der Waals surface area contributed by atoms with Crippen LogP contribution in [0.3, 0.4) is 0 Å². The third-order valence-electron chi connectivity index (χ3n) is 3.68. The molecule has 1 amide bonds. The largest absolute Gasteiger partial charge is 0.0656 e. The van der Waals surface area contributed by atoms with Crippen molar-refractivity contribution in [3.8, 4) is 0 Å². The van der Waals surface area contributed by atoms with Gasteiger partial charge in [0.25, 0.3) is 0 Å². The Balaban J connectivity index is 0.000000745. The van der Waals surface area contributed by atoms with E-state index in [1.165, 1.54) is 12.8 Å². The SMILES string of the molecule is CC1CCCC(C(=O)Nc2c[c]([Pb])nn2CCN)C1.CCC. The number of hydrogen-bond donors (Lipinski definition) is 2. The Morgan fingerprint density at radius 2 is 2.18 bits per heavy atom. The van der Waals surface area contributed by atoms with Crippen molar-refractivity contribution in [1.82, 2.24) is 9.78 Å². The molecule has 2 unspecified atom stereocenters. The molecule has 1 aliphatic carbocycles. The van der Waals surface area contributed by atoms with Crippen molar-refractivity contribution >= 4 is 40.7 Å². The number of amides is 1. The van der Waals surface area contributed by atoms with Crippen molar-refractivity contribution in [2.75, 3.05) is 11.9 Å². The van der Waals surface area contributed by atoms with Gasteiger partial charge in [-0.1, -0.05) is 20.3 Å². The van der Waals surface area contributed by atoms with Crippen LogP contribution in [-0.2, 0) is 11.3 Å². The van der Waals surface area contributed by atoms with E-state index in [1.54, 1.807) is 0 Å². The summed E-state index contributed by atoms with van der Waals surface area (Å²) in [5, 5.41) is 7.43. The summed E-state index contributed by atoms with van der Waals surface area (Å²) < 4.78 is 2.85. The fraction of sp³-hybridized carbons (Fsp3) is 0.750. The Morgan fingerprint density at radius 3 is 2.77 bits per heavy atom. The Kier molecular flexibility index (Phi) is 9.23. The second-order valence-corrected chi connectivity index (χ2v) is 8.08. The first-order valence-corrected chi connectivity index (χ1v) is 10.3. The van der Waals surface area contributed by atoms with Crippen LogP contribution in [0.4, 0.5) is 5.82 Å². The molecule has 22 heavy (non-hydrogen) atoms. The van der Waals surface area contributed by atoms with Gasteiger partial charge in [-0.2, -0.15) is 0 Å². The zero-order valence-corrected chi connectivity index (χ0v) is 17.9. The second kappa shape index (κ2) is 10.4. The molecule has 1 aromatic rings. The van der Waals surface area contributed by atoms with Gasteiger partial charge in [0.1, 0.15) is 0 Å². The van der Waals surface area contributed by atoms with Crippen molar-refractivity contribution in [3.63, 3.8) is 0 Å². The van der Waals surface area contributed by atoms with Gasteiger partial charge in [-0.25, -0.2) is 0 Å². The van der Waals surface area contributed by atoms with Crippen LogP contribution in [0.25, 0.3) is 0 Å². The maximum Gasteiger partial charge on any atom is -0.0590 e. The molecule has 1 heterocycles. The van der Waals surface area contributed by atoms with Gasteiger partial charge in [0.05, 0.1) is 0 Å². The molecule has 6 heteroatoms. The molecule has 0 saturated heterocycles. The fourth-order valence-electron chi connectivity index (χ4n) is 2.71. The number of aromatic nitrogens is 2. The molecular formula is C16H29N4OPb. The summed E-state index contributed by atoms with van der Waals surface area (Å²) in [6.07, 6.45) is 5.67. The standard InChI is InChI=1S/C13H21N4O.C3H8.Pb/c1-10-3-2-4-11(9-10)13(18)16-12-5-7-15-17(12)8-6-14;1-3-2;/h5,10-11H,2-4,6,8-9,14H2,1H3,(H,16,18);3H2,1-2H3;. The maximum absolute atomic E-state index is 12.3. The monoisotopic (exact) mass is 501 g/mol. The fourth-order valence-corrected chi connectivity index (χ4v) is 3.71. The number of hydrogen-bond acceptors (Lipinski definition) is 3. The summed E-state index contributed by atoms with van der Waals surface area (Å²) in [6, 6.07) is 1.96. The van der Waals surface area contributed by atoms with Crippen LogP contribution in [0.2, 0.25) is 0 Å². The molecule has 1 saturated carbocycles. The molecule has 2 atom stereocenters. The van der Waals surface area contributed by atoms with Gasteiger partial charge in [-0.15, -0.1) is 0 Å². The van der Waals surface area contributed by atoms with E-state index in [-0.39, 0.29) is 11.8 Å². The van der Waals surface area contributed by atoms with Gasteiger partial charge >= 0.3 is 130 Å². The zero-order chi connectivity index (χ0) is 16.5. The molecule has 0 aromatic carbocycles. The Morgan fingerprint density at radius 1 is 1.50 bits per heavy atom. The van der Waals surface area contributed by atoms with E-state index < -0.39 is 0 Å². The van der Waals surface area contributed by atoms with Gasteiger partial charge in [0, 0.05) is 0 Å². The number of nitrogens with one attached hydrogen (secondary N) is 1. The summed E-state index contributed by atoms with van der Waals surface area (Å²) in [5.41, 5.74) is 5.57. The Labute approximate surface area is 150 Å². The minimum Gasteiger partial charge on any atom is -0.0656 e. The van der Waals surface area contributed by atoms with Crippen LogP contribution < -0.4 is 14.3 Å². The molecule has 0 aliphatic heterocycles. The predicted octanol–water partition coefficient (Wildman–Crippen LogP) is 1.82. The minimum absolute atomic E-state index is 0.145. The number of rotatable bonds is 4. The van der Waals surface area contributed by atoms with Crippen molar-refractivity contribution in [3.05, 3.63) is 6.07 Å². The van der Waals surface area contributed by atoms with Gasteiger partial charge in [0.2, 0.25) is 0 Å². The third kappa shape index (κ3) is 6.36. The van der Waals surface area contributed by atoms with Crippen LogP contribution in [0.15, 0.2) is 6.07 Å². The number of anilines is 1. The molecule has 3 N–H and O–H groups in total. The van der Waals surface area contributed by atoms with E-state index in [4.69, 9.17) is 5.73 Å². The topological polar surface area (TPSA) is 72.9 Å². The molecule has 1 fully saturated rings. The predicted molar refractivity (Wildman–Crippen MR) is 92.4 cm³/mol. The molecule has 123 valence electrons. The Bertz CT molecular complexity index is 461. The van der Waals surface area contributed by atoms with E-state index in [0.29, 0.717) is 19.0 Å². The van der Waals surface area contributed by atoms with E-state index in [0.717, 1.165) is 54.1 Å². The number of nitrogens with zero attached hydrogens (tertiary/aromatic N) is 2. The first-order chi connectivity index (χ1) is 10.5. The second-order valence-electron chi connectivity index (χ2n) is 6.09. The van der Waals surface area contributed by atoms with Crippen molar-refractivity contribution in [2.45, 2.75) is 59.4 Å². The quantitative estimate of drug-likeness (QED) is 0.620. The molecule has 2 rings (SSSR count). The van der Waals surface area contributed by atoms with Crippen LogP contribution in [0, 0.1) is 11.8 Å². The minimum atomic E-state index is 0.145. The molecule has 0 spiro atoms. The molecule has 3 radical (unpaired) electrons. The number of carbonyl (C=O) groups excluding carboxylic acids is 1. The normalized spacial score (nSPS) is 21.0. The van der Waals surface area contributed by atoms with Crippen molar-refractivity contribution < 1.29 is 4.79 Å². The van der Waals surface area contributed by atoms with Gasteiger partial charge in [0.15, 0.2) is 0 Å². The van der Waals surface area contributed by atoms with Crippen molar-refractivity contribution in [1.29, 1.82) is 0 Å². The summed E-state index contributed by atoms with van der Waals surface area (Å²) >= 11 is 0.883. The Hall–Kier alpha value is -0.438. The van der Waals surface area contributed by atoms with E-state index in [9.17, 15) is 4.79 Å². The van der Waals surface area contributed by atoms with Crippen LogP contribution in [0.1, 0.15) is 52.9 Å². The molecule has 1 aliphatic rings. The van der Waals surface area contributed by atoms with E-state index in [1.807, 2.05) is 10.7 Å². The van der Waals surface area contributed by atoms with Crippen LogP contribution >= 0.6 is 0 Å². The maximum atomic E-state index is 12.3. The summed E-state index contributed by atoms with van der Waals surface area (Å²) in [4.78, 5) is 12.3. The molecule has 5 nitrogen and oxygen atoms in total. The average molecular weight is 501 g/mol. The summed E-state index contributed by atoms with van der Waals surface area (Å²) in [5.74, 6) is 1.76. The van der Waals surface area contributed by atoms with Crippen LogP contribution in [0.5, 0.6) is 0 Å². The zero-order valence-electron chi connectivity index (χ0n) is 14.1. The van der Waals surface area contributed by atoms with Crippen molar-refractivity contribution in [2.24, 2.45) is 17.6 Å². The van der Waals surface area contributed by atoms with E-state index in [2.05, 4.69) is 31.2 Å². The molecule has 1 aromatic heterocycles. The average Bonchev–Trinajstić information content (AvgIpc) is 2.80. The molecule has 0 bridgehead atoms. The number of carbonyl (C=O) groups is 1. The summed E-state index contributed by atoms with van der Waals surface area (Å²) in [6.45, 7) is 7.67. The van der Waals surface area contributed by atoms with Gasteiger partial charge in [-0.05, 0) is 0 Å². The van der Waals surface area contributed by atoms with E-state index >= 15 is 0 Å². The van der Waals surface area contributed by atoms with Gasteiger partial charge in [-0.3, -0.25) is 0 Å². The number of nitrogens with two attached hydrogens (primary N) is 1. The first kappa shape index (κ1) is 19.6. The van der Waals surface area contributed by atoms with Crippen LogP contribution in [-0.4, -0.2) is 48.0 Å². The summed E-state index contributed by atoms with van der Waals surface area (Å²) in [7, 11) is 0. The first-order valence-electron chi connectivity index (χ1n) is 8.32.